The number of aryl methyl sites for hydroxylation is 1. The summed E-state index contributed by atoms with van der Waals surface area (Å²) in [6, 6.07) is 22.9. The Kier molecular flexibility index (Phi) is 10.1. The number of aliphatic imine (C=N–C) groups is 1. The third-order valence-corrected chi connectivity index (χ3v) is 8.87. The number of nitrogens with one attached hydrogen (secondary N) is 1. The number of carbonyl (C=O) groups is 1. The fourth-order valence-electron chi connectivity index (χ4n) is 5.05. The molecule has 0 unspecified atom stereocenters. The van der Waals surface area contributed by atoms with Gasteiger partial charge >= 0.3 is 0 Å². The van der Waals surface area contributed by atoms with Crippen molar-refractivity contribution in [2.75, 3.05) is 11.9 Å². The summed E-state index contributed by atoms with van der Waals surface area (Å²) >= 11 is 5.27. The molecule has 1 heterocycles. The molecule has 1 amide bonds. The molecule has 0 fully saturated rings. The molecule has 0 atom stereocenters. The van der Waals surface area contributed by atoms with Crippen LogP contribution in [0.2, 0.25) is 0 Å². The molecule has 1 aliphatic rings. The number of para-hydroxylation sites is 1. The Balaban J connectivity index is 1.45. The Hall–Kier alpha value is -3.93. The van der Waals surface area contributed by atoms with E-state index in [2.05, 4.69) is 27.3 Å². The van der Waals surface area contributed by atoms with Gasteiger partial charge in [0.15, 0.2) is 11.5 Å². The Morgan fingerprint density at radius 2 is 1.81 bits per heavy atom. The van der Waals surface area contributed by atoms with Crippen molar-refractivity contribution in [3.63, 3.8) is 0 Å². The van der Waals surface area contributed by atoms with Crippen molar-refractivity contribution < 1.29 is 14.3 Å². The highest BCUT2D eigenvalue weighted by Gasteiger charge is 2.24. The van der Waals surface area contributed by atoms with Gasteiger partial charge in [0.05, 0.1) is 28.3 Å². The largest absolute Gasteiger partial charge is 0.490 e. The number of hydrogen-bond acceptors (Lipinski definition) is 6. The monoisotopic (exact) mass is 641 g/mol. The first-order valence-corrected chi connectivity index (χ1v) is 15.8. The zero-order valence-electron chi connectivity index (χ0n) is 23.5. The van der Waals surface area contributed by atoms with Crippen LogP contribution in [-0.2, 0) is 19.4 Å². The van der Waals surface area contributed by atoms with Crippen molar-refractivity contribution in [3.8, 4) is 17.6 Å². The second-order valence-corrected chi connectivity index (χ2v) is 11.9. The first-order valence-electron chi connectivity index (χ1n) is 14.2. The van der Waals surface area contributed by atoms with Crippen molar-refractivity contribution in [1.82, 2.24) is 0 Å². The number of anilines is 1. The van der Waals surface area contributed by atoms with E-state index in [1.807, 2.05) is 67.6 Å². The SMILES string of the molecule is CCOc1cc(C=Nc2sc3c(c2C(=O)Nc2ccccc2)CCCCCC3)cc(Br)c1OCc1ccccc1C#N. The number of nitriles is 1. The van der Waals surface area contributed by atoms with Crippen LogP contribution in [0.3, 0.4) is 0 Å². The number of fused-ring (bicyclic) bond motifs is 1. The van der Waals surface area contributed by atoms with Crippen LogP contribution in [0, 0.1) is 11.3 Å². The predicted molar refractivity (Wildman–Crippen MR) is 173 cm³/mol. The summed E-state index contributed by atoms with van der Waals surface area (Å²) in [5, 5.41) is 13.2. The molecule has 0 radical (unpaired) electrons. The maximum atomic E-state index is 13.6. The highest BCUT2D eigenvalue weighted by atomic mass is 79.9. The van der Waals surface area contributed by atoms with Gasteiger partial charge in [-0.05, 0) is 90.0 Å². The van der Waals surface area contributed by atoms with Crippen LogP contribution in [0.15, 0.2) is 76.2 Å². The smallest absolute Gasteiger partial charge is 0.259 e. The first-order chi connectivity index (χ1) is 20.6. The fourth-order valence-corrected chi connectivity index (χ4v) is 6.85. The molecule has 0 spiro atoms. The van der Waals surface area contributed by atoms with Crippen molar-refractivity contribution in [3.05, 3.63) is 104 Å². The standard InChI is InChI=1S/C34H32BrN3O3S/c1-2-40-29-19-23(18-28(35)32(29)41-22-25-13-11-10-12-24(25)20-36)21-37-34-31(33(39)38-26-14-6-5-7-15-26)27-16-8-3-4-9-17-30(27)42-34/h5-7,10-15,18-19,21H,2-4,8-9,16-17,22H2,1H3,(H,38,39). The van der Waals surface area contributed by atoms with Gasteiger partial charge in [0.2, 0.25) is 0 Å². The molecule has 4 aromatic rings. The Bertz CT molecular complexity index is 1630. The minimum Gasteiger partial charge on any atom is -0.490 e. The molecule has 0 saturated carbocycles. The summed E-state index contributed by atoms with van der Waals surface area (Å²) in [5.41, 5.74) is 4.77. The Morgan fingerprint density at radius 3 is 2.60 bits per heavy atom. The third kappa shape index (κ3) is 7.10. The molecule has 8 heteroatoms. The van der Waals surface area contributed by atoms with Gasteiger partial charge in [-0.2, -0.15) is 5.26 Å². The molecule has 0 aliphatic heterocycles. The summed E-state index contributed by atoms with van der Waals surface area (Å²) in [5.74, 6) is 1.01. The van der Waals surface area contributed by atoms with Crippen LogP contribution in [0.25, 0.3) is 0 Å². The van der Waals surface area contributed by atoms with E-state index in [1.165, 1.54) is 17.7 Å². The zero-order valence-corrected chi connectivity index (χ0v) is 25.9. The van der Waals surface area contributed by atoms with Crippen LogP contribution < -0.4 is 14.8 Å². The molecule has 3 aromatic carbocycles. The van der Waals surface area contributed by atoms with E-state index in [9.17, 15) is 10.1 Å². The number of amides is 1. The van der Waals surface area contributed by atoms with Crippen LogP contribution in [0.1, 0.15) is 70.1 Å². The van der Waals surface area contributed by atoms with E-state index in [1.54, 1.807) is 23.6 Å². The molecule has 1 aliphatic carbocycles. The molecule has 1 N–H and O–H groups in total. The maximum absolute atomic E-state index is 13.6. The molecular weight excluding hydrogens is 610 g/mol. The number of benzene rings is 3. The maximum Gasteiger partial charge on any atom is 0.259 e. The number of thiophene rings is 1. The summed E-state index contributed by atoms with van der Waals surface area (Å²) in [6.45, 7) is 2.61. The van der Waals surface area contributed by atoms with Gasteiger partial charge in [-0.25, -0.2) is 4.99 Å². The fraction of sp³-hybridized carbons (Fsp3) is 0.265. The van der Waals surface area contributed by atoms with Gasteiger partial charge in [0.1, 0.15) is 11.6 Å². The van der Waals surface area contributed by atoms with Crippen LogP contribution in [-0.4, -0.2) is 18.7 Å². The number of halogens is 1. The molecule has 214 valence electrons. The second-order valence-electron chi connectivity index (χ2n) is 10.00. The highest BCUT2D eigenvalue weighted by Crippen LogP contribution is 2.40. The van der Waals surface area contributed by atoms with E-state index in [0.717, 1.165) is 53.1 Å². The Morgan fingerprint density at radius 1 is 1.05 bits per heavy atom. The quantitative estimate of drug-likeness (QED) is 0.185. The van der Waals surface area contributed by atoms with Gasteiger partial charge in [0, 0.05) is 22.3 Å². The van der Waals surface area contributed by atoms with Crippen molar-refractivity contribution in [2.24, 2.45) is 4.99 Å². The Labute approximate surface area is 259 Å². The number of hydrogen-bond donors (Lipinski definition) is 1. The summed E-state index contributed by atoms with van der Waals surface area (Å²) in [6.07, 6.45) is 8.23. The number of rotatable bonds is 9. The lowest BCUT2D eigenvalue weighted by atomic mass is 9.96. The summed E-state index contributed by atoms with van der Waals surface area (Å²) in [4.78, 5) is 19.7. The van der Waals surface area contributed by atoms with Gasteiger partial charge in [0.25, 0.3) is 5.91 Å². The van der Waals surface area contributed by atoms with E-state index in [-0.39, 0.29) is 12.5 Å². The third-order valence-electron chi connectivity index (χ3n) is 7.08. The minimum absolute atomic E-state index is 0.121. The minimum atomic E-state index is -0.121. The van der Waals surface area contributed by atoms with E-state index in [4.69, 9.17) is 14.5 Å². The summed E-state index contributed by atoms with van der Waals surface area (Å²) in [7, 11) is 0. The average Bonchev–Trinajstić information content (AvgIpc) is 3.32. The molecule has 6 nitrogen and oxygen atoms in total. The normalized spacial score (nSPS) is 13.1. The van der Waals surface area contributed by atoms with Crippen LogP contribution in [0.5, 0.6) is 11.5 Å². The van der Waals surface area contributed by atoms with Crippen LogP contribution >= 0.6 is 27.3 Å². The van der Waals surface area contributed by atoms with Gasteiger partial charge in [-0.15, -0.1) is 11.3 Å². The van der Waals surface area contributed by atoms with E-state index < -0.39 is 0 Å². The lowest BCUT2D eigenvalue weighted by molar-refractivity contribution is 0.102. The van der Waals surface area contributed by atoms with Gasteiger partial charge in [-0.1, -0.05) is 49.2 Å². The van der Waals surface area contributed by atoms with E-state index in [0.29, 0.717) is 33.7 Å². The zero-order chi connectivity index (χ0) is 29.3. The van der Waals surface area contributed by atoms with Gasteiger partial charge in [-0.3, -0.25) is 4.79 Å². The van der Waals surface area contributed by atoms with Gasteiger partial charge < -0.3 is 14.8 Å². The lowest BCUT2D eigenvalue weighted by Crippen LogP contribution is -2.14. The molecular formula is C34H32BrN3O3S. The van der Waals surface area contributed by atoms with Crippen LogP contribution in [0.4, 0.5) is 10.7 Å². The first kappa shape index (κ1) is 29.6. The lowest BCUT2D eigenvalue weighted by Gasteiger charge is -2.15. The topological polar surface area (TPSA) is 83.7 Å². The second kappa shape index (κ2) is 14.3. The molecule has 5 rings (SSSR count). The average molecular weight is 643 g/mol. The number of ether oxygens (including phenoxy) is 2. The molecule has 0 saturated heterocycles. The summed E-state index contributed by atoms with van der Waals surface area (Å²) < 4.78 is 12.8. The molecule has 42 heavy (non-hydrogen) atoms. The predicted octanol–water partition coefficient (Wildman–Crippen LogP) is 9.02. The number of nitrogens with zero attached hydrogens (tertiary/aromatic N) is 2. The molecule has 0 bridgehead atoms. The van der Waals surface area contributed by atoms with Crippen molar-refractivity contribution >= 4 is 50.1 Å². The number of carbonyl (C=O) groups excluding carboxylic acids is 1. The van der Waals surface area contributed by atoms with Crippen molar-refractivity contribution in [2.45, 2.75) is 52.1 Å². The van der Waals surface area contributed by atoms with E-state index >= 15 is 0 Å². The molecule has 1 aromatic heterocycles. The highest BCUT2D eigenvalue weighted by molar-refractivity contribution is 9.10. The van der Waals surface area contributed by atoms with Crippen molar-refractivity contribution in [1.29, 1.82) is 5.26 Å².